The molecule has 11 heteroatoms. The summed E-state index contributed by atoms with van der Waals surface area (Å²) < 4.78 is 34.6. The first-order chi connectivity index (χ1) is 21.7. The Hall–Kier alpha value is -5.13. The van der Waals surface area contributed by atoms with E-state index in [-0.39, 0.29) is 30.3 Å². The van der Waals surface area contributed by atoms with Gasteiger partial charge in [0.2, 0.25) is 0 Å². The summed E-state index contributed by atoms with van der Waals surface area (Å²) in [4.78, 5) is 30.7. The Bertz CT molecular complexity index is 1780. The molecule has 4 aromatic rings. The zero-order chi connectivity index (χ0) is 32.5. The predicted octanol–water partition coefficient (Wildman–Crippen LogP) is 5.35. The van der Waals surface area contributed by atoms with Crippen LogP contribution in [0, 0.1) is 29.5 Å². The molecule has 0 aliphatic carbocycles. The number of methoxy groups -OCH3 is 1. The van der Waals surface area contributed by atoms with Crippen molar-refractivity contribution >= 4 is 33.4 Å². The second kappa shape index (κ2) is 15.0. The van der Waals surface area contributed by atoms with Crippen LogP contribution in [-0.4, -0.2) is 84.1 Å². The number of amides is 1. The van der Waals surface area contributed by atoms with Gasteiger partial charge in [-0.25, -0.2) is 8.78 Å². The molecule has 45 heavy (non-hydrogen) atoms. The molecule has 0 atom stereocenters. The van der Waals surface area contributed by atoms with Gasteiger partial charge < -0.3 is 19.4 Å². The van der Waals surface area contributed by atoms with E-state index >= 15 is 4.39 Å². The molecular formula is C34H35F2N7O2. The van der Waals surface area contributed by atoms with Crippen LogP contribution in [0.1, 0.15) is 25.3 Å². The minimum atomic E-state index is -1.00. The van der Waals surface area contributed by atoms with E-state index in [0.717, 1.165) is 10.8 Å². The van der Waals surface area contributed by atoms with Crippen molar-refractivity contribution in [3.63, 3.8) is 0 Å². The largest absolute Gasteiger partial charge is 0.467 e. The number of rotatable bonds is 4. The molecule has 2 aromatic carbocycles. The van der Waals surface area contributed by atoms with Crippen LogP contribution < -0.4 is 9.64 Å². The standard InChI is InChI=1S/C27H21F2N5O2.C5H11N.C2H3N/c1-4-17-7-5-8-18-9-6-10-19(21(17)18)23-22(29)24-20(15-30-23)25(32-27(31-24)36-3)33-11-13-34(14-12-33)26(35)16(2)28;1-6-4-2-3-5-6;1-2-3/h1,5-10,15H,2,11-14H2,3H3;2-5H2,1H3;1H3. The summed E-state index contributed by atoms with van der Waals surface area (Å²) >= 11 is 0. The van der Waals surface area contributed by atoms with Crippen LogP contribution in [0.3, 0.4) is 0 Å². The number of hydrogen-bond donors (Lipinski definition) is 0. The summed E-state index contributed by atoms with van der Waals surface area (Å²) in [6.45, 7) is 8.37. The summed E-state index contributed by atoms with van der Waals surface area (Å²) in [7, 11) is 3.57. The average Bonchev–Trinajstić information content (AvgIpc) is 3.55. The minimum Gasteiger partial charge on any atom is -0.467 e. The van der Waals surface area contributed by atoms with Crippen LogP contribution >= 0.6 is 0 Å². The molecule has 6 rings (SSSR count). The average molecular weight is 612 g/mol. The lowest BCUT2D eigenvalue weighted by Gasteiger charge is -2.35. The van der Waals surface area contributed by atoms with Gasteiger partial charge in [-0.3, -0.25) is 9.78 Å². The van der Waals surface area contributed by atoms with E-state index in [1.54, 1.807) is 18.2 Å². The summed E-state index contributed by atoms with van der Waals surface area (Å²) in [5, 5.41) is 9.31. The Morgan fingerprint density at radius 1 is 1.07 bits per heavy atom. The molecule has 0 saturated carbocycles. The number of hydrogen-bond acceptors (Lipinski definition) is 8. The van der Waals surface area contributed by atoms with Crippen molar-refractivity contribution < 1.29 is 18.3 Å². The monoisotopic (exact) mass is 611 g/mol. The van der Waals surface area contributed by atoms with Crippen LogP contribution in [0.4, 0.5) is 14.6 Å². The lowest BCUT2D eigenvalue weighted by Crippen LogP contribution is -2.49. The number of nitriles is 1. The maximum atomic E-state index is 16.1. The number of benzene rings is 2. The van der Waals surface area contributed by atoms with E-state index in [4.69, 9.17) is 16.4 Å². The Morgan fingerprint density at radius 2 is 1.71 bits per heavy atom. The van der Waals surface area contributed by atoms with Crippen LogP contribution in [0.2, 0.25) is 0 Å². The highest BCUT2D eigenvalue weighted by Gasteiger charge is 2.27. The van der Waals surface area contributed by atoms with Crippen LogP contribution in [0.25, 0.3) is 32.9 Å². The summed E-state index contributed by atoms with van der Waals surface area (Å²) in [6, 6.07) is 12.8. The number of anilines is 1. The number of ether oxygens (including phenoxy) is 1. The molecule has 0 spiro atoms. The fourth-order valence-corrected chi connectivity index (χ4v) is 5.37. The number of fused-ring (bicyclic) bond motifs is 2. The van der Waals surface area contributed by atoms with Crippen molar-refractivity contribution in [2.75, 3.05) is 58.3 Å². The van der Waals surface area contributed by atoms with Gasteiger partial charge in [0.15, 0.2) is 11.6 Å². The van der Waals surface area contributed by atoms with Gasteiger partial charge in [0, 0.05) is 55.8 Å². The minimum absolute atomic E-state index is 0.00794. The number of carbonyl (C=O) groups excluding carboxylic acids is 1. The highest BCUT2D eigenvalue weighted by atomic mass is 19.1. The van der Waals surface area contributed by atoms with Gasteiger partial charge in [-0.15, -0.1) is 6.42 Å². The molecular weight excluding hydrogens is 576 g/mol. The summed E-state index contributed by atoms with van der Waals surface area (Å²) in [6.07, 6.45) is 10.1. The van der Waals surface area contributed by atoms with Crippen molar-refractivity contribution in [3.8, 4) is 35.7 Å². The van der Waals surface area contributed by atoms with Gasteiger partial charge in [0.1, 0.15) is 17.0 Å². The number of terminal acetylenes is 1. The first-order valence-electron chi connectivity index (χ1n) is 14.5. The van der Waals surface area contributed by atoms with Crippen molar-refractivity contribution in [2.24, 2.45) is 0 Å². The van der Waals surface area contributed by atoms with Crippen molar-refractivity contribution in [3.05, 3.63) is 66.4 Å². The quantitative estimate of drug-likeness (QED) is 0.225. The van der Waals surface area contributed by atoms with Crippen molar-refractivity contribution in [1.82, 2.24) is 24.8 Å². The smallest absolute Gasteiger partial charge is 0.318 e. The van der Waals surface area contributed by atoms with Gasteiger partial charge in [-0.2, -0.15) is 15.2 Å². The van der Waals surface area contributed by atoms with E-state index < -0.39 is 17.6 Å². The zero-order valence-corrected chi connectivity index (χ0v) is 25.7. The van der Waals surface area contributed by atoms with Gasteiger partial charge >= 0.3 is 6.01 Å². The Balaban J connectivity index is 0.000000446. The number of nitrogens with zero attached hydrogens (tertiary/aromatic N) is 7. The maximum Gasteiger partial charge on any atom is 0.318 e. The fourth-order valence-electron chi connectivity index (χ4n) is 5.37. The van der Waals surface area contributed by atoms with E-state index in [1.807, 2.05) is 29.2 Å². The van der Waals surface area contributed by atoms with E-state index in [1.165, 1.54) is 51.1 Å². The molecule has 1 amide bonds. The first kappa shape index (κ1) is 32.8. The van der Waals surface area contributed by atoms with Crippen LogP contribution in [-0.2, 0) is 4.79 Å². The number of halogens is 2. The highest BCUT2D eigenvalue weighted by Crippen LogP contribution is 2.36. The SMILES string of the molecule is C#Cc1cccc2cccc(-c3ncc4c(N5CCN(C(=O)C(=C)F)CC5)nc(OC)nc4c3F)c12.CC#N.CN1CCCC1. The molecule has 0 unspecified atom stereocenters. The van der Waals surface area contributed by atoms with Gasteiger partial charge in [0.25, 0.3) is 5.91 Å². The Kier molecular flexibility index (Phi) is 11.0. The molecule has 2 aromatic heterocycles. The predicted molar refractivity (Wildman–Crippen MR) is 172 cm³/mol. The third kappa shape index (κ3) is 7.34. The lowest BCUT2D eigenvalue weighted by molar-refractivity contribution is -0.128. The second-order valence-corrected chi connectivity index (χ2v) is 10.5. The zero-order valence-electron chi connectivity index (χ0n) is 25.7. The van der Waals surface area contributed by atoms with Crippen molar-refractivity contribution in [2.45, 2.75) is 19.8 Å². The second-order valence-electron chi connectivity index (χ2n) is 10.5. The van der Waals surface area contributed by atoms with Crippen LogP contribution in [0.15, 0.2) is 55.0 Å². The van der Waals surface area contributed by atoms with Crippen molar-refractivity contribution in [1.29, 1.82) is 5.26 Å². The lowest BCUT2D eigenvalue weighted by atomic mass is 9.97. The summed E-state index contributed by atoms with van der Waals surface area (Å²) in [5.74, 6) is 0.718. The molecule has 9 nitrogen and oxygen atoms in total. The highest BCUT2D eigenvalue weighted by molar-refractivity contribution is 6.02. The molecule has 2 aliphatic rings. The molecule has 4 heterocycles. The molecule has 2 saturated heterocycles. The van der Waals surface area contributed by atoms with Crippen LogP contribution in [0.5, 0.6) is 6.01 Å². The number of carbonyl (C=O) groups is 1. The third-order valence-electron chi connectivity index (χ3n) is 7.57. The molecule has 2 aliphatic heterocycles. The fraction of sp³-hybridized carbons (Fsp3) is 0.324. The molecule has 0 radical (unpaired) electrons. The third-order valence-corrected chi connectivity index (χ3v) is 7.57. The van der Waals surface area contributed by atoms with E-state index in [2.05, 4.69) is 39.4 Å². The van der Waals surface area contributed by atoms with Gasteiger partial charge in [0.05, 0.1) is 18.6 Å². The number of aromatic nitrogens is 3. The Labute approximate surface area is 261 Å². The first-order valence-corrected chi connectivity index (χ1v) is 14.5. The number of likely N-dealkylation sites (tertiary alicyclic amines) is 1. The normalized spacial score (nSPS) is 14.5. The van der Waals surface area contributed by atoms with Gasteiger partial charge in [-0.05, 0) is 44.4 Å². The number of pyridine rings is 1. The van der Waals surface area contributed by atoms with Gasteiger partial charge in [-0.1, -0.05) is 42.8 Å². The maximum absolute atomic E-state index is 16.1. The number of piperazine rings is 1. The molecule has 0 N–H and O–H groups in total. The topological polar surface area (TPSA) is 98.5 Å². The molecule has 232 valence electrons. The molecule has 0 bridgehead atoms. The Morgan fingerprint density at radius 3 is 2.27 bits per heavy atom. The molecule has 2 fully saturated rings. The van der Waals surface area contributed by atoms with E-state index in [9.17, 15) is 9.18 Å². The van der Waals surface area contributed by atoms with E-state index in [0.29, 0.717) is 35.4 Å². The summed E-state index contributed by atoms with van der Waals surface area (Å²) in [5.41, 5.74) is 1.35.